The van der Waals surface area contributed by atoms with Crippen LogP contribution in [0.2, 0.25) is 0 Å². The number of carbonyl (C=O) groups is 1. The van der Waals surface area contributed by atoms with Crippen LogP contribution in [0, 0.1) is 23.7 Å². The smallest absolute Gasteiger partial charge is 0.255 e. The zero-order chi connectivity index (χ0) is 17.5. The van der Waals surface area contributed by atoms with Gasteiger partial charge in [-0.3, -0.25) is 4.79 Å². The van der Waals surface area contributed by atoms with Gasteiger partial charge in [0.05, 0.1) is 11.4 Å². The molecule has 0 saturated heterocycles. The number of hydrogen-bond acceptors (Lipinski definition) is 2. The number of benzene rings is 2. The first-order chi connectivity index (χ1) is 12.8. The van der Waals surface area contributed by atoms with Crippen molar-refractivity contribution in [3.8, 4) is 0 Å². The van der Waals surface area contributed by atoms with E-state index in [1.54, 1.807) is 0 Å². The fourth-order valence-electron chi connectivity index (χ4n) is 5.84. The van der Waals surface area contributed by atoms with E-state index in [0.29, 0.717) is 11.6 Å². The third kappa shape index (κ3) is 2.90. The summed E-state index contributed by atoms with van der Waals surface area (Å²) in [6.07, 6.45) is 7.04. The maximum absolute atomic E-state index is 12.6. The van der Waals surface area contributed by atoms with Gasteiger partial charge >= 0.3 is 0 Å². The van der Waals surface area contributed by atoms with E-state index in [0.717, 1.165) is 35.0 Å². The van der Waals surface area contributed by atoms with Crippen LogP contribution in [0.25, 0.3) is 0 Å². The standard InChI is InChI=1S/C23H26N2O/c26-23(17-6-2-1-3-7-17)25-21-9-5-4-8-20(21)24-22-18-11-15-10-16(13-18)14-19(22)12-15/h1-9,15-16,18-19,22,24H,10-14H2,(H,25,26). The Bertz CT molecular complexity index is 773. The predicted octanol–water partition coefficient (Wildman–Crippen LogP) is 5.18. The fraction of sp³-hybridized carbons (Fsp3) is 0.435. The molecule has 2 aromatic rings. The summed E-state index contributed by atoms with van der Waals surface area (Å²) in [6, 6.07) is 18.1. The Morgan fingerprint density at radius 2 is 1.31 bits per heavy atom. The minimum Gasteiger partial charge on any atom is -0.380 e. The molecule has 2 N–H and O–H groups in total. The lowest BCUT2D eigenvalue weighted by Crippen LogP contribution is -2.51. The second-order valence-corrected chi connectivity index (χ2v) is 8.47. The van der Waals surface area contributed by atoms with Gasteiger partial charge in [0.15, 0.2) is 0 Å². The van der Waals surface area contributed by atoms with Gasteiger partial charge in [-0.05, 0) is 80.0 Å². The van der Waals surface area contributed by atoms with Crippen molar-refractivity contribution in [1.82, 2.24) is 0 Å². The highest BCUT2D eigenvalue weighted by Gasteiger charge is 2.48. The SMILES string of the molecule is O=C(Nc1ccccc1NC1C2CC3CC(C2)CC1C3)c1ccccc1. The molecule has 0 unspecified atom stereocenters. The van der Waals surface area contributed by atoms with Crippen LogP contribution in [-0.4, -0.2) is 11.9 Å². The Kier molecular flexibility index (Phi) is 3.96. The Hall–Kier alpha value is -2.29. The molecule has 6 rings (SSSR count). The molecule has 4 aliphatic carbocycles. The number of carbonyl (C=O) groups excluding carboxylic acids is 1. The van der Waals surface area contributed by atoms with Gasteiger partial charge in [-0.25, -0.2) is 0 Å². The van der Waals surface area contributed by atoms with Crippen LogP contribution >= 0.6 is 0 Å². The van der Waals surface area contributed by atoms with E-state index in [2.05, 4.69) is 22.8 Å². The predicted molar refractivity (Wildman–Crippen MR) is 105 cm³/mol. The van der Waals surface area contributed by atoms with Crippen LogP contribution in [0.1, 0.15) is 42.5 Å². The second-order valence-electron chi connectivity index (χ2n) is 8.47. The molecular formula is C23H26N2O. The Morgan fingerprint density at radius 3 is 1.96 bits per heavy atom. The topological polar surface area (TPSA) is 41.1 Å². The average molecular weight is 346 g/mol. The lowest BCUT2D eigenvalue weighted by atomic mass is 9.54. The number of rotatable bonds is 4. The van der Waals surface area contributed by atoms with Crippen molar-refractivity contribution < 1.29 is 4.79 Å². The minimum absolute atomic E-state index is 0.0510. The van der Waals surface area contributed by atoms with Gasteiger partial charge in [0.2, 0.25) is 0 Å². The first-order valence-electron chi connectivity index (χ1n) is 9.98. The quantitative estimate of drug-likeness (QED) is 0.801. The van der Waals surface area contributed by atoms with Crippen LogP contribution in [0.15, 0.2) is 54.6 Å². The summed E-state index contributed by atoms with van der Waals surface area (Å²) < 4.78 is 0. The summed E-state index contributed by atoms with van der Waals surface area (Å²) in [7, 11) is 0. The van der Waals surface area contributed by atoms with Gasteiger partial charge in [-0.2, -0.15) is 0 Å². The van der Waals surface area contributed by atoms with Crippen LogP contribution in [-0.2, 0) is 0 Å². The largest absolute Gasteiger partial charge is 0.380 e. The fourth-order valence-corrected chi connectivity index (χ4v) is 5.84. The van der Waals surface area contributed by atoms with E-state index in [1.165, 1.54) is 32.1 Å². The molecule has 3 nitrogen and oxygen atoms in total. The molecule has 134 valence electrons. The van der Waals surface area contributed by atoms with Gasteiger partial charge in [0.25, 0.3) is 5.91 Å². The van der Waals surface area contributed by atoms with E-state index in [-0.39, 0.29) is 5.91 Å². The molecule has 3 heteroatoms. The Morgan fingerprint density at radius 1 is 0.731 bits per heavy atom. The van der Waals surface area contributed by atoms with Crippen molar-refractivity contribution >= 4 is 17.3 Å². The molecule has 2 aromatic carbocycles. The molecule has 1 amide bonds. The van der Waals surface area contributed by atoms with Crippen LogP contribution in [0.4, 0.5) is 11.4 Å². The summed E-state index contributed by atoms with van der Waals surface area (Å²) in [5, 5.41) is 6.93. The molecule has 0 aromatic heterocycles. The number of nitrogens with one attached hydrogen (secondary N) is 2. The van der Waals surface area contributed by atoms with E-state index in [9.17, 15) is 4.79 Å². The van der Waals surface area contributed by atoms with Crippen molar-refractivity contribution in [2.75, 3.05) is 10.6 Å². The molecule has 4 bridgehead atoms. The van der Waals surface area contributed by atoms with Crippen molar-refractivity contribution in [2.24, 2.45) is 23.7 Å². The number of para-hydroxylation sites is 2. The highest BCUT2D eigenvalue weighted by molar-refractivity contribution is 6.05. The molecule has 0 atom stereocenters. The average Bonchev–Trinajstić information content (AvgIpc) is 2.66. The molecule has 0 heterocycles. The zero-order valence-electron chi connectivity index (χ0n) is 15.0. The molecule has 4 saturated carbocycles. The summed E-state index contributed by atoms with van der Waals surface area (Å²) in [6.45, 7) is 0. The molecular weight excluding hydrogens is 320 g/mol. The van der Waals surface area contributed by atoms with Crippen molar-refractivity contribution in [2.45, 2.75) is 38.1 Å². The van der Waals surface area contributed by atoms with Crippen molar-refractivity contribution in [1.29, 1.82) is 0 Å². The summed E-state index contributed by atoms with van der Waals surface area (Å²) >= 11 is 0. The molecule has 0 aliphatic heterocycles. The second kappa shape index (κ2) is 6.46. The Balaban J connectivity index is 1.35. The normalized spacial score (nSPS) is 31.6. The summed E-state index contributed by atoms with van der Waals surface area (Å²) in [5.74, 6) is 3.52. The number of amides is 1. The molecule has 4 fully saturated rings. The lowest BCUT2D eigenvalue weighted by molar-refractivity contribution is 0.00756. The number of anilines is 2. The van der Waals surface area contributed by atoms with Crippen LogP contribution in [0.3, 0.4) is 0 Å². The molecule has 26 heavy (non-hydrogen) atoms. The van der Waals surface area contributed by atoms with E-state index < -0.39 is 0 Å². The van der Waals surface area contributed by atoms with Crippen LogP contribution < -0.4 is 10.6 Å². The molecule has 0 radical (unpaired) electrons. The zero-order valence-corrected chi connectivity index (χ0v) is 15.0. The van der Waals surface area contributed by atoms with Gasteiger partial charge in [0.1, 0.15) is 0 Å². The number of hydrogen-bond donors (Lipinski definition) is 2. The van der Waals surface area contributed by atoms with Crippen molar-refractivity contribution in [3.05, 3.63) is 60.2 Å². The van der Waals surface area contributed by atoms with Gasteiger partial charge < -0.3 is 10.6 Å². The van der Waals surface area contributed by atoms with Gasteiger partial charge in [0, 0.05) is 11.6 Å². The van der Waals surface area contributed by atoms with E-state index in [4.69, 9.17) is 0 Å². The maximum atomic E-state index is 12.6. The highest BCUT2D eigenvalue weighted by Crippen LogP contribution is 2.54. The maximum Gasteiger partial charge on any atom is 0.255 e. The monoisotopic (exact) mass is 346 g/mol. The van der Waals surface area contributed by atoms with Crippen molar-refractivity contribution in [3.63, 3.8) is 0 Å². The van der Waals surface area contributed by atoms with Crippen LogP contribution in [0.5, 0.6) is 0 Å². The lowest BCUT2D eigenvalue weighted by Gasteiger charge is -2.54. The first-order valence-corrected chi connectivity index (χ1v) is 9.98. The third-order valence-electron chi connectivity index (χ3n) is 6.76. The highest BCUT2D eigenvalue weighted by atomic mass is 16.1. The molecule has 0 spiro atoms. The summed E-state index contributed by atoms with van der Waals surface area (Å²) in [5.41, 5.74) is 2.64. The Labute approximate surface area is 155 Å². The minimum atomic E-state index is -0.0510. The summed E-state index contributed by atoms with van der Waals surface area (Å²) in [4.78, 5) is 12.6. The molecule has 4 aliphatic rings. The van der Waals surface area contributed by atoms with Gasteiger partial charge in [-0.1, -0.05) is 30.3 Å². The third-order valence-corrected chi connectivity index (χ3v) is 6.76. The van der Waals surface area contributed by atoms with Gasteiger partial charge in [-0.15, -0.1) is 0 Å². The first kappa shape index (κ1) is 15.9. The van der Waals surface area contributed by atoms with E-state index in [1.807, 2.05) is 42.5 Å². The van der Waals surface area contributed by atoms with E-state index >= 15 is 0 Å².